The number of ketones is 1. The van der Waals surface area contributed by atoms with Crippen molar-refractivity contribution in [2.75, 3.05) is 5.32 Å². The van der Waals surface area contributed by atoms with E-state index in [0.29, 0.717) is 29.1 Å². The molecule has 1 N–H and O–H groups in total. The lowest BCUT2D eigenvalue weighted by Crippen LogP contribution is -2.50. The van der Waals surface area contributed by atoms with E-state index >= 15 is 0 Å². The topological polar surface area (TPSA) is 70.0 Å². The third-order valence-electron chi connectivity index (χ3n) is 3.31. The van der Waals surface area contributed by atoms with Crippen LogP contribution < -0.4 is 5.32 Å². The molecule has 1 unspecified atom stereocenters. The molecule has 1 aromatic rings. The van der Waals surface area contributed by atoms with Crippen molar-refractivity contribution in [2.24, 2.45) is 0 Å². The zero-order valence-corrected chi connectivity index (χ0v) is 12.5. The van der Waals surface area contributed by atoms with E-state index in [1.165, 1.54) is 6.07 Å². The Morgan fingerprint density at radius 1 is 1.45 bits per heavy atom. The smallest absolute Gasteiger partial charge is 0.249 e. The number of halogens is 1. The van der Waals surface area contributed by atoms with Crippen LogP contribution in [0.5, 0.6) is 0 Å². The predicted octanol–water partition coefficient (Wildman–Crippen LogP) is 3.62. The van der Waals surface area contributed by atoms with Crippen molar-refractivity contribution in [3.05, 3.63) is 28.8 Å². The summed E-state index contributed by atoms with van der Waals surface area (Å²) in [4.78, 5) is 25.0. The quantitative estimate of drug-likeness (QED) is 0.681. The molecule has 0 bridgehead atoms. The van der Waals surface area contributed by atoms with Gasteiger partial charge in [-0.1, -0.05) is 31.4 Å². The molecule has 104 valence electrons. The highest BCUT2D eigenvalue weighted by Gasteiger charge is 2.50. The molecule has 1 amide bonds. The van der Waals surface area contributed by atoms with Crippen LogP contribution in [0.2, 0.25) is 5.02 Å². The highest BCUT2D eigenvalue weighted by Crippen LogP contribution is 2.41. The zero-order chi connectivity index (χ0) is 14.8. The largest absolute Gasteiger partial charge is 0.324 e. The number of amides is 1. The summed E-state index contributed by atoms with van der Waals surface area (Å²) in [5.74, 6) is -0.754. The number of nitrogens with one attached hydrogen (secondary N) is 1. The fourth-order valence-corrected chi connectivity index (χ4v) is 3.15. The summed E-state index contributed by atoms with van der Waals surface area (Å²) in [6.07, 6.45) is 1.89. The van der Waals surface area contributed by atoms with Crippen molar-refractivity contribution in [2.45, 2.75) is 30.9 Å². The van der Waals surface area contributed by atoms with Gasteiger partial charge in [0.2, 0.25) is 5.91 Å². The maximum atomic E-state index is 12.7. The summed E-state index contributed by atoms with van der Waals surface area (Å²) < 4.78 is -1.36. The lowest BCUT2D eigenvalue weighted by Gasteiger charge is -2.32. The Bertz CT molecular complexity index is 612. The first-order valence-electron chi connectivity index (χ1n) is 6.28. The number of unbranched alkanes of at least 4 members (excludes halogenated alkanes) is 1. The molecule has 0 radical (unpaired) electrons. The van der Waals surface area contributed by atoms with E-state index in [1.807, 2.05) is 12.3 Å². The van der Waals surface area contributed by atoms with Gasteiger partial charge in [0.15, 0.2) is 10.5 Å². The van der Waals surface area contributed by atoms with Gasteiger partial charge >= 0.3 is 0 Å². The molecule has 1 aliphatic heterocycles. The number of benzene rings is 1. The Labute approximate surface area is 126 Å². The minimum atomic E-state index is -1.36. The number of carbonyl (C=O) groups excluding carboxylic acids is 2. The van der Waals surface area contributed by atoms with Gasteiger partial charge < -0.3 is 5.32 Å². The molecule has 4 nitrogen and oxygen atoms in total. The van der Waals surface area contributed by atoms with E-state index in [2.05, 4.69) is 5.32 Å². The highest BCUT2D eigenvalue weighted by atomic mass is 35.5. The molecule has 0 saturated heterocycles. The first kappa shape index (κ1) is 14.9. The molecule has 0 saturated carbocycles. The Kier molecular flexibility index (Phi) is 4.36. The normalized spacial score (nSPS) is 21.1. The van der Waals surface area contributed by atoms with Gasteiger partial charge in [0.25, 0.3) is 0 Å². The summed E-state index contributed by atoms with van der Waals surface area (Å²) in [7, 11) is 0. The van der Waals surface area contributed by atoms with Crippen molar-refractivity contribution in [1.82, 2.24) is 0 Å². The van der Waals surface area contributed by atoms with Crippen molar-refractivity contribution >= 4 is 40.7 Å². The van der Waals surface area contributed by atoms with Crippen LogP contribution in [0.3, 0.4) is 0 Å². The van der Waals surface area contributed by atoms with Crippen molar-refractivity contribution in [3.8, 4) is 5.40 Å². The molecule has 0 aromatic heterocycles. The summed E-state index contributed by atoms with van der Waals surface area (Å²) in [6.45, 7) is 1.97. The second-order valence-corrected chi connectivity index (χ2v) is 6.12. The first-order chi connectivity index (χ1) is 9.55. The van der Waals surface area contributed by atoms with E-state index < -0.39 is 10.7 Å². The minimum absolute atomic E-state index is 0.334. The molecule has 0 fully saturated rings. The number of carbonyl (C=O) groups is 2. The summed E-state index contributed by atoms with van der Waals surface area (Å²) in [5.41, 5.74) is 0.825. The maximum Gasteiger partial charge on any atom is 0.249 e. The van der Waals surface area contributed by atoms with Crippen molar-refractivity contribution in [1.29, 1.82) is 5.26 Å². The number of hydrogen-bond donors (Lipinski definition) is 1. The second kappa shape index (κ2) is 5.86. The van der Waals surface area contributed by atoms with Gasteiger partial charge in [-0.3, -0.25) is 9.59 Å². The van der Waals surface area contributed by atoms with Crippen molar-refractivity contribution in [3.63, 3.8) is 0 Å². The van der Waals surface area contributed by atoms with Crippen molar-refractivity contribution < 1.29 is 9.59 Å². The van der Waals surface area contributed by atoms with Gasteiger partial charge in [0.1, 0.15) is 5.40 Å². The van der Waals surface area contributed by atoms with Crippen LogP contribution in [0, 0.1) is 10.7 Å². The van der Waals surface area contributed by atoms with Gasteiger partial charge in [0.05, 0.1) is 5.69 Å². The zero-order valence-electron chi connectivity index (χ0n) is 10.9. The molecule has 0 spiro atoms. The van der Waals surface area contributed by atoms with Crippen LogP contribution in [0.25, 0.3) is 0 Å². The number of anilines is 1. The minimum Gasteiger partial charge on any atom is -0.324 e. The lowest BCUT2D eigenvalue weighted by atomic mass is 9.87. The molecule has 0 aliphatic carbocycles. The number of hydrogen-bond acceptors (Lipinski definition) is 4. The monoisotopic (exact) mass is 308 g/mol. The van der Waals surface area contributed by atoms with Crippen LogP contribution in [0.1, 0.15) is 36.5 Å². The Hall–Kier alpha value is -1.51. The Morgan fingerprint density at radius 2 is 2.20 bits per heavy atom. The van der Waals surface area contributed by atoms with Gasteiger partial charge in [0, 0.05) is 10.6 Å². The average molecular weight is 309 g/mol. The standard InChI is InChI=1S/C14H13ClN2O2S/c1-2-3-6-14(20-8-16)12(18)10-7-9(15)4-5-11(10)17-13(14)19/h4-5,7H,2-3,6H2,1H3,(H,17,19). The number of thioether (sulfide) groups is 1. The molecule has 1 atom stereocenters. The highest BCUT2D eigenvalue weighted by molar-refractivity contribution is 8.06. The number of rotatable bonds is 4. The third-order valence-corrected chi connectivity index (χ3v) is 4.56. The fourth-order valence-electron chi connectivity index (χ4n) is 2.23. The van der Waals surface area contributed by atoms with Crippen LogP contribution in [-0.2, 0) is 4.79 Å². The Morgan fingerprint density at radius 3 is 2.85 bits per heavy atom. The summed E-state index contributed by atoms with van der Waals surface area (Å²) in [5, 5.41) is 14.0. The number of Topliss-reactive ketones (excluding diaryl/α,β-unsaturated/α-hetero) is 1. The average Bonchev–Trinajstić information content (AvgIpc) is 2.43. The van der Waals surface area contributed by atoms with E-state index in [9.17, 15) is 9.59 Å². The molecule has 6 heteroatoms. The maximum absolute atomic E-state index is 12.7. The van der Waals surface area contributed by atoms with E-state index in [1.54, 1.807) is 12.1 Å². The second-order valence-electron chi connectivity index (χ2n) is 4.60. The Balaban J connectivity index is 2.51. The molecular formula is C14H13ClN2O2S. The molecular weight excluding hydrogens is 296 g/mol. The van der Waals surface area contributed by atoms with Gasteiger partial charge in [-0.15, -0.1) is 0 Å². The SMILES string of the molecule is CCCCC1(SC#N)C(=O)Nc2ccc(Cl)cc2C1=O. The first-order valence-corrected chi connectivity index (χ1v) is 7.47. The fraction of sp³-hybridized carbons (Fsp3) is 0.357. The van der Waals surface area contributed by atoms with E-state index in [0.717, 1.165) is 18.2 Å². The lowest BCUT2D eigenvalue weighted by molar-refractivity contribution is -0.117. The van der Waals surface area contributed by atoms with Crippen LogP contribution in [-0.4, -0.2) is 16.4 Å². The van der Waals surface area contributed by atoms with E-state index in [4.69, 9.17) is 16.9 Å². The molecule has 2 rings (SSSR count). The van der Waals surface area contributed by atoms with Crippen LogP contribution >= 0.6 is 23.4 Å². The number of nitriles is 1. The molecule has 1 aliphatic rings. The molecule has 20 heavy (non-hydrogen) atoms. The van der Waals surface area contributed by atoms with Gasteiger partial charge in [-0.05, 0) is 36.4 Å². The number of nitrogens with zero attached hydrogens (tertiary/aromatic N) is 1. The van der Waals surface area contributed by atoms with E-state index in [-0.39, 0.29) is 5.78 Å². The number of fused-ring (bicyclic) bond motifs is 1. The molecule has 1 aromatic carbocycles. The summed E-state index contributed by atoms with van der Waals surface area (Å²) >= 11 is 6.64. The summed E-state index contributed by atoms with van der Waals surface area (Å²) in [6, 6.07) is 4.76. The van der Waals surface area contributed by atoms with Crippen LogP contribution in [0.15, 0.2) is 18.2 Å². The third kappa shape index (κ3) is 2.41. The number of thiocyanates is 1. The molecule has 1 heterocycles. The van der Waals surface area contributed by atoms with Gasteiger partial charge in [-0.2, -0.15) is 5.26 Å². The van der Waals surface area contributed by atoms with Crippen LogP contribution in [0.4, 0.5) is 5.69 Å². The predicted molar refractivity (Wildman–Crippen MR) is 79.9 cm³/mol. The van der Waals surface area contributed by atoms with Gasteiger partial charge in [-0.25, -0.2) is 0 Å².